The summed E-state index contributed by atoms with van der Waals surface area (Å²) in [5, 5.41) is 5.56. The molecule has 1 N–H and O–H groups in total. The maximum absolute atomic E-state index is 13.1. The van der Waals surface area contributed by atoms with E-state index in [2.05, 4.69) is 10.3 Å². The third-order valence-electron chi connectivity index (χ3n) is 6.10. The first-order chi connectivity index (χ1) is 17.3. The van der Waals surface area contributed by atoms with Crippen LogP contribution in [-0.4, -0.2) is 43.8 Å². The normalized spacial score (nSPS) is 16.6. The summed E-state index contributed by atoms with van der Waals surface area (Å²) < 4.78 is 38.0. The van der Waals surface area contributed by atoms with E-state index in [0.29, 0.717) is 47.1 Å². The lowest BCUT2D eigenvalue weighted by atomic mass is 9.99. The highest BCUT2D eigenvalue weighted by atomic mass is 32.2. The summed E-state index contributed by atoms with van der Waals surface area (Å²) >= 11 is 1.19. The third-order valence-corrected chi connectivity index (χ3v) is 8.74. The summed E-state index contributed by atoms with van der Waals surface area (Å²) in [7, 11) is -2.23. The van der Waals surface area contributed by atoms with Crippen LogP contribution in [0.1, 0.15) is 12.8 Å². The van der Waals surface area contributed by atoms with Crippen molar-refractivity contribution in [3.05, 3.63) is 70.4 Å². The van der Waals surface area contributed by atoms with Gasteiger partial charge in [0.2, 0.25) is 15.9 Å². The Hall–Kier alpha value is -3.54. The number of nitrogens with one attached hydrogen (secondary N) is 1. The summed E-state index contributed by atoms with van der Waals surface area (Å²) in [6.45, 7) is 0.421. The monoisotopic (exact) mass is 525 g/mol. The van der Waals surface area contributed by atoms with Crippen LogP contribution in [0.15, 0.2) is 74.1 Å². The van der Waals surface area contributed by atoms with E-state index >= 15 is 0 Å². The van der Waals surface area contributed by atoms with E-state index in [9.17, 15) is 18.0 Å². The van der Waals surface area contributed by atoms with E-state index in [1.54, 1.807) is 35.7 Å². The summed E-state index contributed by atoms with van der Waals surface area (Å²) in [5.41, 5.74) is 0.687. The van der Waals surface area contributed by atoms with Gasteiger partial charge in [-0.25, -0.2) is 18.2 Å². The predicted octanol–water partition coefficient (Wildman–Crippen LogP) is 3.96. The van der Waals surface area contributed by atoms with E-state index < -0.39 is 21.6 Å². The molecule has 3 heterocycles. The molecule has 0 aliphatic carbocycles. The van der Waals surface area contributed by atoms with Gasteiger partial charge in [-0.1, -0.05) is 18.2 Å². The first-order valence-electron chi connectivity index (χ1n) is 11.3. The van der Waals surface area contributed by atoms with Gasteiger partial charge in [-0.15, -0.1) is 11.3 Å². The highest BCUT2D eigenvalue weighted by Crippen LogP contribution is 2.28. The Kier molecular flexibility index (Phi) is 6.61. The Balaban J connectivity index is 1.29. The largest absolute Gasteiger partial charge is 0.497 e. The molecular weight excluding hydrogens is 502 g/mol. The molecule has 0 saturated carbocycles. The number of carbonyl (C=O) groups excluding carboxylic acids is 1. The van der Waals surface area contributed by atoms with Crippen LogP contribution in [0.4, 0.5) is 5.13 Å². The molecule has 9 nitrogen and oxygen atoms in total. The van der Waals surface area contributed by atoms with Crippen LogP contribution in [0.5, 0.6) is 5.75 Å². The number of benzene rings is 2. The van der Waals surface area contributed by atoms with Crippen LogP contribution < -0.4 is 15.7 Å². The van der Waals surface area contributed by atoms with Crippen molar-refractivity contribution in [2.75, 3.05) is 25.5 Å². The number of aromatic nitrogens is 1. The molecule has 1 fully saturated rings. The molecule has 1 unspecified atom stereocenters. The molecule has 1 aliphatic heterocycles. The van der Waals surface area contributed by atoms with Crippen LogP contribution in [0.2, 0.25) is 0 Å². The SMILES string of the molecule is COc1ccc(S(=O)(=O)N2CCCC(C(=O)Nc3nc(-c4cc5ccccc5oc4=O)cs3)C2)cc1. The number of amides is 1. The molecule has 1 amide bonds. The number of thiazole rings is 1. The zero-order chi connectivity index (χ0) is 25.3. The number of ether oxygens (including phenoxy) is 1. The summed E-state index contributed by atoms with van der Waals surface area (Å²) in [4.78, 5) is 30.0. The predicted molar refractivity (Wildman–Crippen MR) is 137 cm³/mol. The molecule has 1 aliphatic rings. The Bertz CT molecular complexity index is 1580. The minimum atomic E-state index is -3.74. The average molecular weight is 526 g/mol. The lowest BCUT2D eigenvalue weighted by Crippen LogP contribution is -2.43. The van der Waals surface area contributed by atoms with Crippen molar-refractivity contribution < 1.29 is 22.4 Å². The number of piperidine rings is 1. The van der Waals surface area contributed by atoms with Gasteiger partial charge in [0.25, 0.3) is 0 Å². The number of anilines is 1. The molecule has 11 heteroatoms. The standard InChI is InChI=1S/C25H23N3O6S2/c1-33-18-8-10-19(11-9-18)36(31,32)28-12-4-6-17(14-28)23(29)27-25-26-21(15-35-25)20-13-16-5-2-3-7-22(16)34-24(20)30/h2-3,5,7-11,13,15,17H,4,6,12,14H2,1H3,(H,26,27,29). The van der Waals surface area contributed by atoms with Gasteiger partial charge in [0, 0.05) is 23.9 Å². The number of para-hydroxylation sites is 1. The summed E-state index contributed by atoms with van der Waals surface area (Å²) in [5.74, 6) is -0.268. The van der Waals surface area contributed by atoms with Gasteiger partial charge < -0.3 is 14.5 Å². The second-order valence-electron chi connectivity index (χ2n) is 8.39. The van der Waals surface area contributed by atoms with Gasteiger partial charge >= 0.3 is 5.63 Å². The fourth-order valence-electron chi connectivity index (χ4n) is 4.17. The minimum Gasteiger partial charge on any atom is -0.497 e. The number of sulfonamides is 1. The number of methoxy groups -OCH3 is 1. The van der Waals surface area contributed by atoms with Crippen LogP contribution in [0.25, 0.3) is 22.2 Å². The molecule has 0 bridgehead atoms. The molecule has 4 aromatic rings. The molecule has 2 aromatic heterocycles. The van der Waals surface area contributed by atoms with Gasteiger partial charge in [0.15, 0.2) is 5.13 Å². The van der Waals surface area contributed by atoms with Crippen LogP contribution >= 0.6 is 11.3 Å². The maximum atomic E-state index is 13.1. The number of fused-ring (bicyclic) bond motifs is 1. The fourth-order valence-corrected chi connectivity index (χ4v) is 6.41. The van der Waals surface area contributed by atoms with Crippen molar-refractivity contribution in [3.63, 3.8) is 0 Å². The first kappa shape index (κ1) is 24.2. The zero-order valence-corrected chi connectivity index (χ0v) is 21.0. The number of nitrogens with zero attached hydrogens (tertiary/aromatic N) is 2. The van der Waals surface area contributed by atoms with Gasteiger partial charge in [0.05, 0.1) is 29.2 Å². The van der Waals surface area contributed by atoms with Gasteiger partial charge in [-0.2, -0.15) is 4.31 Å². The van der Waals surface area contributed by atoms with E-state index in [1.807, 2.05) is 12.1 Å². The molecule has 1 atom stereocenters. The van der Waals surface area contributed by atoms with Crippen LogP contribution in [0.3, 0.4) is 0 Å². The van der Waals surface area contributed by atoms with Gasteiger partial charge in [0.1, 0.15) is 11.3 Å². The number of carbonyl (C=O) groups is 1. The van der Waals surface area contributed by atoms with E-state index in [4.69, 9.17) is 9.15 Å². The summed E-state index contributed by atoms with van der Waals surface area (Å²) in [6.07, 6.45) is 1.13. The number of hydrogen-bond donors (Lipinski definition) is 1. The van der Waals surface area contributed by atoms with Crippen molar-refractivity contribution >= 4 is 43.4 Å². The lowest BCUT2D eigenvalue weighted by molar-refractivity contribution is -0.120. The van der Waals surface area contributed by atoms with Crippen LogP contribution in [-0.2, 0) is 14.8 Å². The lowest BCUT2D eigenvalue weighted by Gasteiger charge is -2.31. The smallest absolute Gasteiger partial charge is 0.345 e. The first-order valence-corrected chi connectivity index (χ1v) is 13.6. The second kappa shape index (κ2) is 9.84. The topological polar surface area (TPSA) is 119 Å². The Labute approximate surface area is 211 Å². The summed E-state index contributed by atoms with van der Waals surface area (Å²) in [6, 6.07) is 15.1. The molecule has 2 aromatic carbocycles. The van der Waals surface area contributed by atoms with Crippen molar-refractivity contribution in [2.45, 2.75) is 17.7 Å². The highest BCUT2D eigenvalue weighted by Gasteiger charge is 2.33. The molecule has 1 saturated heterocycles. The van der Waals surface area contributed by atoms with E-state index in [0.717, 1.165) is 5.39 Å². The molecule has 0 radical (unpaired) electrons. The zero-order valence-electron chi connectivity index (χ0n) is 19.3. The van der Waals surface area contributed by atoms with Gasteiger partial charge in [-0.3, -0.25) is 4.79 Å². The van der Waals surface area contributed by atoms with Crippen molar-refractivity contribution in [1.82, 2.24) is 9.29 Å². The Morgan fingerprint density at radius 2 is 1.97 bits per heavy atom. The van der Waals surface area contributed by atoms with Crippen molar-refractivity contribution in [2.24, 2.45) is 5.92 Å². The van der Waals surface area contributed by atoms with E-state index in [-0.39, 0.29) is 17.3 Å². The van der Waals surface area contributed by atoms with E-state index in [1.165, 1.54) is 34.9 Å². The van der Waals surface area contributed by atoms with Crippen LogP contribution in [0, 0.1) is 5.92 Å². The molecule has 0 spiro atoms. The number of rotatable bonds is 6. The fraction of sp³-hybridized carbons (Fsp3) is 0.240. The highest BCUT2D eigenvalue weighted by molar-refractivity contribution is 7.89. The third kappa shape index (κ3) is 4.77. The quantitative estimate of drug-likeness (QED) is 0.379. The second-order valence-corrected chi connectivity index (χ2v) is 11.2. The molecular formula is C25H23N3O6S2. The van der Waals surface area contributed by atoms with Gasteiger partial charge in [-0.05, 0) is 49.2 Å². The molecule has 186 valence electrons. The van der Waals surface area contributed by atoms with Crippen molar-refractivity contribution in [3.8, 4) is 17.0 Å². The Morgan fingerprint density at radius 1 is 1.19 bits per heavy atom. The average Bonchev–Trinajstić information content (AvgIpc) is 3.36. The minimum absolute atomic E-state index is 0.0761. The molecule has 36 heavy (non-hydrogen) atoms. The molecule has 5 rings (SSSR count). The number of hydrogen-bond acceptors (Lipinski definition) is 8. The van der Waals surface area contributed by atoms with Crippen molar-refractivity contribution in [1.29, 1.82) is 0 Å². The maximum Gasteiger partial charge on any atom is 0.345 e. The Morgan fingerprint density at radius 3 is 2.75 bits per heavy atom.